The molecule has 2 aromatic carbocycles. The van der Waals surface area contributed by atoms with Crippen molar-refractivity contribution >= 4 is 15.9 Å². The fourth-order valence-corrected chi connectivity index (χ4v) is 4.43. The van der Waals surface area contributed by atoms with Crippen LogP contribution in [0.15, 0.2) is 35.2 Å². The van der Waals surface area contributed by atoms with Crippen molar-refractivity contribution in [1.29, 1.82) is 0 Å². The molecule has 2 N–H and O–H groups in total. The number of rotatable bonds is 7. The number of benzene rings is 2. The summed E-state index contributed by atoms with van der Waals surface area (Å²) >= 11 is 0. The summed E-state index contributed by atoms with van der Waals surface area (Å²) in [4.78, 5) is 12.5. The van der Waals surface area contributed by atoms with Gasteiger partial charge >= 0.3 is 0 Å². The van der Waals surface area contributed by atoms with Crippen LogP contribution in [0.4, 0.5) is 0 Å². The van der Waals surface area contributed by atoms with Crippen molar-refractivity contribution in [2.75, 3.05) is 7.11 Å². The van der Waals surface area contributed by atoms with E-state index in [4.69, 9.17) is 4.74 Å². The van der Waals surface area contributed by atoms with Crippen LogP contribution < -0.4 is 14.8 Å². The van der Waals surface area contributed by atoms with E-state index in [0.717, 1.165) is 22.3 Å². The van der Waals surface area contributed by atoms with Gasteiger partial charge in [-0.1, -0.05) is 12.1 Å². The highest BCUT2D eigenvalue weighted by Gasteiger charge is 2.23. The summed E-state index contributed by atoms with van der Waals surface area (Å²) in [7, 11) is -2.40. The van der Waals surface area contributed by atoms with Crippen molar-refractivity contribution in [2.24, 2.45) is 0 Å². The van der Waals surface area contributed by atoms with E-state index in [1.165, 1.54) is 25.3 Å². The third-order valence-corrected chi connectivity index (χ3v) is 6.36. The van der Waals surface area contributed by atoms with Crippen LogP contribution in [0.2, 0.25) is 0 Å². The minimum atomic E-state index is -3.84. The molecule has 2 aromatic rings. The topological polar surface area (TPSA) is 84.5 Å². The Morgan fingerprint density at radius 2 is 1.59 bits per heavy atom. The van der Waals surface area contributed by atoms with Crippen LogP contribution in [0.3, 0.4) is 0 Å². The van der Waals surface area contributed by atoms with E-state index in [-0.39, 0.29) is 22.4 Å². The molecule has 0 aliphatic carbocycles. The molecule has 0 spiro atoms. The molecule has 1 unspecified atom stereocenters. The number of aryl methyl sites for hydroxylation is 3. The molecule has 6 nitrogen and oxygen atoms in total. The first-order chi connectivity index (χ1) is 13.5. The summed E-state index contributed by atoms with van der Waals surface area (Å²) in [5, 5.41) is 2.76. The first kappa shape index (κ1) is 22.9. The largest absolute Gasteiger partial charge is 0.496 e. The number of hydrogen-bond donors (Lipinski definition) is 2. The monoisotopic (exact) mass is 418 g/mol. The molecule has 0 heterocycles. The summed E-state index contributed by atoms with van der Waals surface area (Å²) in [6, 6.07) is 7.83. The molecule has 0 aliphatic heterocycles. The molecule has 2 rings (SSSR count). The lowest BCUT2D eigenvalue weighted by atomic mass is 9.97. The van der Waals surface area contributed by atoms with E-state index < -0.39 is 16.1 Å². The van der Waals surface area contributed by atoms with Crippen LogP contribution >= 0.6 is 0 Å². The van der Waals surface area contributed by atoms with Gasteiger partial charge in [0.2, 0.25) is 10.0 Å². The Morgan fingerprint density at radius 3 is 2.17 bits per heavy atom. The molecule has 0 fully saturated rings. The summed E-state index contributed by atoms with van der Waals surface area (Å²) < 4.78 is 33.9. The van der Waals surface area contributed by atoms with Gasteiger partial charge in [-0.2, -0.15) is 0 Å². The molecule has 0 saturated heterocycles. The maximum absolute atomic E-state index is 13.0. The highest BCUT2D eigenvalue weighted by Crippen LogP contribution is 2.26. The number of nitrogens with one attached hydrogen (secondary N) is 2. The number of carbonyl (C=O) groups is 1. The van der Waals surface area contributed by atoms with Crippen LogP contribution in [0.25, 0.3) is 0 Å². The average Bonchev–Trinajstić information content (AvgIpc) is 2.63. The zero-order valence-electron chi connectivity index (χ0n) is 18.1. The second-order valence-corrected chi connectivity index (χ2v) is 9.34. The maximum Gasteiger partial charge on any atom is 0.255 e. The number of carbonyl (C=O) groups excluding carboxylic acids is 1. The minimum Gasteiger partial charge on any atom is -0.496 e. The molecule has 0 saturated carbocycles. The molecule has 1 amide bonds. The predicted octanol–water partition coefficient (Wildman–Crippen LogP) is 3.80. The fourth-order valence-electron chi connectivity index (χ4n) is 3.19. The van der Waals surface area contributed by atoms with E-state index in [0.29, 0.717) is 5.75 Å². The molecule has 0 bridgehead atoms. The molecule has 0 radical (unpaired) electrons. The summed E-state index contributed by atoms with van der Waals surface area (Å²) in [5.41, 5.74) is 4.39. The number of hydrogen-bond acceptors (Lipinski definition) is 4. The van der Waals surface area contributed by atoms with Crippen LogP contribution in [0.5, 0.6) is 5.75 Å². The summed E-state index contributed by atoms with van der Waals surface area (Å²) in [6.07, 6.45) is 0. The first-order valence-electron chi connectivity index (χ1n) is 9.55. The van der Waals surface area contributed by atoms with Crippen molar-refractivity contribution in [2.45, 2.75) is 58.5 Å². The van der Waals surface area contributed by atoms with Crippen LogP contribution in [0.1, 0.15) is 59.4 Å². The van der Waals surface area contributed by atoms with Gasteiger partial charge < -0.3 is 10.1 Å². The van der Waals surface area contributed by atoms with E-state index in [2.05, 4.69) is 16.1 Å². The van der Waals surface area contributed by atoms with Crippen LogP contribution in [0, 0.1) is 20.8 Å². The van der Waals surface area contributed by atoms with Gasteiger partial charge in [-0.05, 0) is 82.0 Å². The second-order valence-electron chi connectivity index (χ2n) is 7.63. The van der Waals surface area contributed by atoms with Gasteiger partial charge in [-0.15, -0.1) is 0 Å². The SMILES string of the molecule is COc1ccc(S(=O)(=O)NC(C)c2cc(C)c(C)cc2C)cc1C(=O)NC(C)C. The number of ether oxygens (including phenoxy) is 1. The van der Waals surface area contributed by atoms with Crippen molar-refractivity contribution < 1.29 is 17.9 Å². The number of amides is 1. The lowest BCUT2D eigenvalue weighted by Crippen LogP contribution is -2.31. The Morgan fingerprint density at radius 1 is 0.966 bits per heavy atom. The van der Waals surface area contributed by atoms with Crippen LogP contribution in [-0.2, 0) is 10.0 Å². The van der Waals surface area contributed by atoms with Crippen molar-refractivity contribution in [1.82, 2.24) is 10.0 Å². The van der Waals surface area contributed by atoms with Gasteiger partial charge in [0.05, 0.1) is 17.6 Å². The van der Waals surface area contributed by atoms with Gasteiger partial charge in [0.1, 0.15) is 5.75 Å². The van der Waals surface area contributed by atoms with Crippen LogP contribution in [-0.4, -0.2) is 27.5 Å². The third-order valence-electron chi connectivity index (χ3n) is 4.83. The van der Waals surface area contributed by atoms with E-state index >= 15 is 0 Å². The highest BCUT2D eigenvalue weighted by molar-refractivity contribution is 7.89. The number of sulfonamides is 1. The number of methoxy groups -OCH3 is 1. The maximum atomic E-state index is 13.0. The normalized spacial score (nSPS) is 12.7. The third kappa shape index (κ3) is 5.36. The second kappa shape index (κ2) is 8.97. The van der Waals surface area contributed by atoms with Gasteiger partial charge in [-0.3, -0.25) is 4.79 Å². The first-order valence-corrected chi connectivity index (χ1v) is 11.0. The molecule has 0 aromatic heterocycles. The fraction of sp³-hybridized carbons (Fsp3) is 0.409. The average molecular weight is 419 g/mol. The predicted molar refractivity (Wildman–Crippen MR) is 115 cm³/mol. The summed E-state index contributed by atoms with van der Waals surface area (Å²) in [6.45, 7) is 11.5. The van der Waals surface area contributed by atoms with Crippen molar-refractivity contribution in [3.05, 3.63) is 58.1 Å². The molecular weight excluding hydrogens is 388 g/mol. The lowest BCUT2D eigenvalue weighted by Gasteiger charge is -2.19. The van der Waals surface area contributed by atoms with Crippen molar-refractivity contribution in [3.63, 3.8) is 0 Å². The Bertz CT molecular complexity index is 1010. The van der Waals surface area contributed by atoms with E-state index in [1.807, 2.05) is 47.6 Å². The zero-order valence-corrected chi connectivity index (χ0v) is 18.9. The molecule has 29 heavy (non-hydrogen) atoms. The molecule has 1 atom stereocenters. The van der Waals surface area contributed by atoms with E-state index in [1.54, 1.807) is 0 Å². The minimum absolute atomic E-state index is 0.0144. The smallest absolute Gasteiger partial charge is 0.255 e. The van der Waals surface area contributed by atoms with Crippen molar-refractivity contribution in [3.8, 4) is 5.75 Å². The van der Waals surface area contributed by atoms with E-state index in [9.17, 15) is 13.2 Å². The summed E-state index contributed by atoms with van der Waals surface area (Å²) in [5.74, 6) is -0.0629. The van der Waals surface area contributed by atoms with Gasteiger partial charge in [0, 0.05) is 12.1 Å². The standard InChI is InChI=1S/C22H30N2O4S/c1-13(2)23-22(25)20-12-18(8-9-21(20)28-7)29(26,27)24-17(6)19-11-15(4)14(3)10-16(19)5/h8-13,17,24H,1-7H3,(H,23,25). The van der Waals surface area contributed by atoms with Gasteiger partial charge in [0.15, 0.2) is 0 Å². The Kier molecular flexibility index (Phi) is 7.08. The molecular formula is C22H30N2O4S. The van der Waals surface area contributed by atoms with Gasteiger partial charge in [-0.25, -0.2) is 13.1 Å². The Hall–Kier alpha value is -2.38. The lowest BCUT2D eigenvalue weighted by molar-refractivity contribution is 0.0940. The molecule has 158 valence electrons. The quantitative estimate of drug-likeness (QED) is 0.716. The molecule has 0 aliphatic rings. The Labute approximate surface area is 173 Å². The Balaban J connectivity index is 2.38. The van der Waals surface area contributed by atoms with Gasteiger partial charge in [0.25, 0.3) is 5.91 Å². The molecule has 7 heteroatoms. The highest BCUT2D eigenvalue weighted by atomic mass is 32.2. The zero-order chi connectivity index (χ0) is 21.9.